The quantitative estimate of drug-likeness (QED) is 0.848. The lowest BCUT2D eigenvalue weighted by molar-refractivity contribution is -0.122. The molecule has 2 unspecified atom stereocenters. The molecule has 0 saturated carbocycles. The van der Waals surface area contributed by atoms with E-state index >= 15 is 0 Å². The second-order valence-electron chi connectivity index (χ2n) is 4.27. The second-order valence-corrected chi connectivity index (χ2v) is 5.42. The summed E-state index contributed by atoms with van der Waals surface area (Å²) in [6.45, 7) is 0.357. The van der Waals surface area contributed by atoms with Crippen molar-refractivity contribution in [3.8, 4) is 0 Å². The van der Waals surface area contributed by atoms with Crippen LogP contribution in [0.4, 0.5) is 0 Å². The molecule has 1 aliphatic heterocycles. The van der Waals surface area contributed by atoms with Crippen molar-refractivity contribution in [1.82, 2.24) is 5.32 Å². The number of carbonyl (C=O) groups excluding carboxylic acids is 1. The van der Waals surface area contributed by atoms with Crippen molar-refractivity contribution in [3.05, 3.63) is 35.9 Å². The van der Waals surface area contributed by atoms with E-state index in [1.54, 1.807) is 0 Å². The summed E-state index contributed by atoms with van der Waals surface area (Å²) in [5.41, 5.74) is 6.71. The van der Waals surface area contributed by atoms with Gasteiger partial charge in [-0.25, -0.2) is 0 Å². The summed E-state index contributed by atoms with van der Waals surface area (Å²) in [6.07, 6.45) is 1.07. The van der Waals surface area contributed by atoms with Gasteiger partial charge in [0.2, 0.25) is 5.91 Å². The van der Waals surface area contributed by atoms with Gasteiger partial charge in [-0.1, -0.05) is 30.3 Å². The van der Waals surface area contributed by atoms with Gasteiger partial charge in [-0.2, -0.15) is 11.8 Å². The number of hydrogen-bond donors (Lipinski definition) is 2. The highest BCUT2D eigenvalue weighted by Gasteiger charge is 2.23. The topological polar surface area (TPSA) is 55.1 Å². The molecule has 17 heavy (non-hydrogen) atoms. The van der Waals surface area contributed by atoms with Crippen LogP contribution in [0.2, 0.25) is 0 Å². The van der Waals surface area contributed by atoms with E-state index in [1.165, 1.54) is 0 Å². The Hall–Kier alpha value is -1.00. The predicted molar refractivity (Wildman–Crippen MR) is 72.1 cm³/mol. The minimum atomic E-state index is -0.221. The van der Waals surface area contributed by atoms with Crippen molar-refractivity contribution < 1.29 is 4.79 Å². The van der Waals surface area contributed by atoms with Gasteiger partial charge >= 0.3 is 0 Å². The summed E-state index contributed by atoms with van der Waals surface area (Å²) in [5, 5.41) is 3.09. The molecule has 1 fully saturated rings. The van der Waals surface area contributed by atoms with E-state index in [2.05, 4.69) is 5.32 Å². The van der Waals surface area contributed by atoms with Gasteiger partial charge in [0, 0.05) is 18.3 Å². The number of benzene rings is 1. The molecule has 0 spiro atoms. The summed E-state index contributed by atoms with van der Waals surface area (Å²) in [7, 11) is 0. The first-order chi connectivity index (χ1) is 8.31. The fourth-order valence-electron chi connectivity index (χ4n) is 2.03. The van der Waals surface area contributed by atoms with Gasteiger partial charge in [0.25, 0.3) is 0 Å². The van der Waals surface area contributed by atoms with Crippen molar-refractivity contribution in [1.29, 1.82) is 0 Å². The molecule has 1 aromatic carbocycles. The Balaban J connectivity index is 2.00. The SMILES string of the molecule is NCC(C(=O)NC1CCSC1)c1ccccc1. The highest BCUT2D eigenvalue weighted by Crippen LogP contribution is 2.19. The third kappa shape index (κ3) is 3.23. The zero-order valence-corrected chi connectivity index (χ0v) is 10.6. The van der Waals surface area contributed by atoms with E-state index in [0.29, 0.717) is 12.6 Å². The molecule has 3 nitrogen and oxygen atoms in total. The molecule has 2 atom stereocenters. The average Bonchev–Trinajstić information content (AvgIpc) is 2.84. The highest BCUT2D eigenvalue weighted by atomic mass is 32.2. The molecule has 1 aromatic rings. The second kappa shape index (κ2) is 6.07. The number of rotatable bonds is 4. The first-order valence-electron chi connectivity index (χ1n) is 5.94. The van der Waals surface area contributed by atoms with Crippen molar-refractivity contribution in [2.45, 2.75) is 18.4 Å². The molecule has 92 valence electrons. The minimum Gasteiger partial charge on any atom is -0.352 e. The summed E-state index contributed by atoms with van der Waals surface area (Å²) in [6, 6.07) is 10.1. The van der Waals surface area contributed by atoms with Crippen LogP contribution in [0.15, 0.2) is 30.3 Å². The Morgan fingerprint density at radius 2 is 2.24 bits per heavy atom. The molecule has 1 aliphatic rings. The molecule has 1 amide bonds. The fraction of sp³-hybridized carbons (Fsp3) is 0.462. The number of hydrogen-bond acceptors (Lipinski definition) is 3. The number of carbonyl (C=O) groups is 1. The highest BCUT2D eigenvalue weighted by molar-refractivity contribution is 7.99. The molecule has 3 N–H and O–H groups in total. The van der Waals surface area contributed by atoms with E-state index in [0.717, 1.165) is 23.5 Å². The normalized spacial score (nSPS) is 21.1. The zero-order valence-electron chi connectivity index (χ0n) is 9.76. The van der Waals surface area contributed by atoms with Crippen molar-refractivity contribution in [2.75, 3.05) is 18.1 Å². The molecule has 1 heterocycles. The molecule has 0 aliphatic carbocycles. The van der Waals surface area contributed by atoms with E-state index in [9.17, 15) is 4.79 Å². The maximum Gasteiger partial charge on any atom is 0.229 e. The molecule has 1 saturated heterocycles. The Morgan fingerprint density at radius 1 is 1.47 bits per heavy atom. The molecule has 0 radical (unpaired) electrons. The lowest BCUT2D eigenvalue weighted by Gasteiger charge is -2.18. The van der Waals surface area contributed by atoms with Crippen LogP contribution in [-0.4, -0.2) is 30.0 Å². The Kier molecular flexibility index (Phi) is 4.45. The van der Waals surface area contributed by atoms with Crippen LogP contribution in [0.25, 0.3) is 0 Å². The summed E-state index contributed by atoms with van der Waals surface area (Å²) in [5.74, 6) is 2.01. The molecule has 4 heteroatoms. The molecule has 0 aromatic heterocycles. The van der Waals surface area contributed by atoms with Gasteiger partial charge in [-0.05, 0) is 17.7 Å². The van der Waals surface area contributed by atoms with Crippen LogP contribution in [0.5, 0.6) is 0 Å². The fourth-order valence-corrected chi connectivity index (χ4v) is 3.18. The zero-order chi connectivity index (χ0) is 12.1. The summed E-state index contributed by atoms with van der Waals surface area (Å²) in [4.78, 5) is 12.1. The molecule has 0 bridgehead atoms. The first kappa shape index (κ1) is 12.5. The van der Waals surface area contributed by atoms with Gasteiger partial charge in [0.1, 0.15) is 0 Å². The third-order valence-electron chi connectivity index (χ3n) is 3.03. The smallest absolute Gasteiger partial charge is 0.229 e. The molecular formula is C13H18N2OS. The van der Waals surface area contributed by atoms with E-state index < -0.39 is 0 Å². The maximum absolute atomic E-state index is 12.1. The predicted octanol–water partition coefficient (Wildman–Crippen LogP) is 1.35. The molecule has 2 rings (SSSR count). The Bertz CT molecular complexity index is 363. The van der Waals surface area contributed by atoms with Crippen LogP contribution >= 0.6 is 11.8 Å². The van der Waals surface area contributed by atoms with Crippen molar-refractivity contribution >= 4 is 17.7 Å². The third-order valence-corrected chi connectivity index (χ3v) is 4.19. The number of thioether (sulfide) groups is 1. The van der Waals surface area contributed by atoms with Gasteiger partial charge in [0.05, 0.1) is 5.92 Å². The lowest BCUT2D eigenvalue weighted by Crippen LogP contribution is -2.40. The van der Waals surface area contributed by atoms with E-state index in [4.69, 9.17) is 5.73 Å². The monoisotopic (exact) mass is 250 g/mol. The number of nitrogens with one attached hydrogen (secondary N) is 1. The molecular weight excluding hydrogens is 232 g/mol. The van der Waals surface area contributed by atoms with E-state index in [-0.39, 0.29) is 11.8 Å². The van der Waals surface area contributed by atoms with Gasteiger partial charge in [-0.15, -0.1) is 0 Å². The lowest BCUT2D eigenvalue weighted by atomic mass is 9.98. The number of nitrogens with two attached hydrogens (primary N) is 1. The van der Waals surface area contributed by atoms with Crippen LogP contribution < -0.4 is 11.1 Å². The van der Waals surface area contributed by atoms with Gasteiger partial charge in [-0.3, -0.25) is 4.79 Å². The first-order valence-corrected chi connectivity index (χ1v) is 7.10. The Morgan fingerprint density at radius 3 is 2.82 bits per heavy atom. The van der Waals surface area contributed by atoms with Crippen LogP contribution in [0.3, 0.4) is 0 Å². The van der Waals surface area contributed by atoms with Crippen LogP contribution in [0, 0.1) is 0 Å². The van der Waals surface area contributed by atoms with Crippen LogP contribution in [0.1, 0.15) is 17.9 Å². The summed E-state index contributed by atoms with van der Waals surface area (Å²) < 4.78 is 0. The minimum absolute atomic E-state index is 0.0613. The maximum atomic E-state index is 12.1. The summed E-state index contributed by atoms with van der Waals surface area (Å²) >= 11 is 1.89. The average molecular weight is 250 g/mol. The Labute approximate surface area is 106 Å². The van der Waals surface area contributed by atoms with Gasteiger partial charge in [0.15, 0.2) is 0 Å². The van der Waals surface area contributed by atoms with Crippen molar-refractivity contribution in [3.63, 3.8) is 0 Å². The van der Waals surface area contributed by atoms with Crippen LogP contribution in [-0.2, 0) is 4.79 Å². The largest absolute Gasteiger partial charge is 0.352 e. The standard InChI is InChI=1S/C13H18N2OS/c14-8-12(10-4-2-1-3-5-10)13(16)15-11-6-7-17-9-11/h1-5,11-12H,6-9,14H2,(H,15,16). The van der Waals surface area contributed by atoms with E-state index in [1.807, 2.05) is 42.1 Å². The van der Waals surface area contributed by atoms with Crippen molar-refractivity contribution in [2.24, 2.45) is 5.73 Å². The van der Waals surface area contributed by atoms with Gasteiger partial charge < -0.3 is 11.1 Å². The number of amides is 1.